The lowest BCUT2D eigenvalue weighted by molar-refractivity contribution is 1.47. The molecule has 0 unspecified atom stereocenters. The summed E-state index contributed by atoms with van der Waals surface area (Å²) < 4.78 is 0. The van der Waals surface area contributed by atoms with Crippen molar-refractivity contribution in [1.82, 2.24) is 0 Å². The zero-order valence-corrected chi connectivity index (χ0v) is 9.77. The van der Waals surface area contributed by atoms with Crippen LogP contribution in [0.5, 0.6) is 0 Å². The standard InChI is InChI=1S/C12H10.2CH2N2/c1-3-7-11(8-4-1)12-9-5-2-6-10-12;2*2-1-3/h1-10H;2*2-3H. The van der Waals surface area contributed by atoms with Crippen molar-refractivity contribution in [3.63, 3.8) is 0 Å². The Bertz CT molecular complexity index is 444. The summed E-state index contributed by atoms with van der Waals surface area (Å²) in [5.41, 5.74) is 2.55. The summed E-state index contributed by atoms with van der Waals surface area (Å²) in [4.78, 5) is 0. The predicted molar refractivity (Wildman–Crippen MR) is 72.8 cm³/mol. The van der Waals surface area contributed by atoms with E-state index in [1.807, 2.05) is 12.1 Å². The fourth-order valence-electron chi connectivity index (χ4n) is 1.26. The fourth-order valence-corrected chi connectivity index (χ4v) is 1.26. The maximum atomic E-state index is 5.62. The number of hydrogen-bond acceptors (Lipinski definition) is 4. The number of nitrogens with one attached hydrogen (secondary N) is 4. The molecule has 0 saturated heterocycles. The second kappa shape index (κ2) is 10.7. The third-order valence-electron chi connectivity index (χ3n) is 1.88. The highest BCUT2D eigenvalue weighted by Crippen LogP contribution is 2.17. The van der Waals surface area contributed by atoms with Gasteiger partial charge in [-0.2, -0.15) is 0 Å². The molecule has 4 N–H and O–H groups in total. The quantitative estimate of drug-likeness (QED) is 0.540. The van der Waals surface area contributed by atoms with Crippen LogP contribution in [0, 0.1) is 21.6 Å². The second-order valence-corrected chi connectivity index (χ2v) is 2.98. The summed E-state index contributed by atoms with van der Waals surface area (Å²) in [7, 11) is 0. The summed E-state index contributed by atoms with van der Waals surface area (Å²) in [5.74, 6) is 0. The molecule has 18 heavy (non-hydrogen) atoms. The topological polar surface area (TPSA) is 95.4 Å². The van der Waals surface area contributed by atoms with Crippen LogP contribution in [0.2, 0.25) is 0 Å². The van der Waals surface area contributed by atoms with Gasteiger partial charge in [0.2, 0.25) is 0 Å². The van der Waals surface area contributed by atoms with Crippen LogP contribution in [0.15, 0.2) is 60.7 Å². The Kier molecular flexibility index (Phi) is 9.04. The van der Waals surface area contributed by atoms with E-state index in [9.17, 15) is 0 Å². The molecule has 2 aromatic rings. The highest BCUT2D eigenvalue weighted by molar-refractivity contribution is 5.62. The lowest BCUT2D eigenvalue weighted by atomic mass is 10.1. The van der Waals surface area contributed by atoms with Gasteiger partial charge >= 0.3 is 0 Å². The van der Waals surface area contributed by atoms with Crippen molar-refractivity contribution < 1.29 is 0 Å². The van der Waals surface area contributed by atoms with Gasteiger partial charge in [-0.15, -0.1) is 0 Å². The van der Waals surface area contributed by atoms with Crippen LogP contribution in [0.1, 0.15) is 0 Å². The monoisotopic (exact) mass is 238 g/mol. The molecule has 0 spiro atoms. The van der Waals surface area contributed by atoms with Crippen molar-refractivity contribution in [2.75, 3.05) is 0 Å². The van der Waals surface area contributed by atoms with Crippen LogP contribution in [0.4, 0.5) is 0 Å². The van der Waals surface area contributed by atoms with Crippen LogP contribution in [-0.4, -0.2) is 12.0 Å². The van der Waals surface area contributed by atoms with E-state index >= 15 is 0 Å². The van der Waals surface area contributed by atoms with Crippen molar-refractivity contribution in [3.05, 3.63) is 60.7 Å². The molecule has 0 aromatic heterocycles. The maximum Gasteiger partial charge on any atom is 0.0831 e. The van der Waals surface area contributed by atoms with Crippen molar-refractivity contribution in [3.8, 4) is 11.1 Å². The molecule has 4 nitrogen and oxygen atoms in total. The van der Waals surface area contributed by atoms with Gasteiger partial charge in [-0.05, 0) is 11.1 Å². The second-order valence-electron chi connectivity index (χ2n) is 2.98. The van der Waals surface area contributed by atoms with Crippen LogP contribution in [-0.2, 0) is 0 Å². The molecule has 2 aromatic carbocycles. The molecular formula is C14H14N4. The van der Waals surface area contributed by atoms with Gasteiger partial charge in [-0.3, -0.25) is 0 Å². The first kappa shape index (κ1) is 15.2. The number of benzene rings is 2. The summed E-state index contributed by atoms with van der Waals surface area (Å²) in [5, 5.41) is 22.5. The third-order valence-corrected chi connectivity index (χ3v) is 1.88. The first-order valence-electron chi connectivity index (χ1n) is 5.07. The molecule has 4 heteroatoms. The maximum absolute atomic E-state index is 5.62. The summed E-state index contributed by atoms with van der Waals surface area (Å²) >= 11 is 0. The summed E-state index contributed by atoms with van der Waals surface area (Å²) in [6, 6.07) is 23.3. The molecule has 2 rings (SSSR count). The highest BCUT2D eigenvalue weighted by atomic mass is 14.4. The first-order chi connectivity index (χ1) is 8.79. The van der Waals surface area contributed by atoms with Crippen LogP contribution in [0.25, 0.3) is 11.1 Å². The van der Waals surface area contributed by atoms with Gasteiger partial charge in [-0.25, -0.2) is 21.6 Å². The van der Waals surface area contributed by atoms with Crippen molar-refractivity contribution in [1.29, 1.82) is 21.6 Å². The predicted octanol–water partition coefficient (Wildman–Crippen LogP) is 3.99. The largest absolute Gasteiger partial charge is 0.242 e. The lowest BCUT2D eigenvalue weighted by Crippen LogP contribution is -1.73. The molecule has 0 fully saturated rings. The lowest BCUT2D eigenvalue weighted by Gasteiger charge is -1.98. The first-order valence-corrected chi connectivity index (χ1v) is 5.07. The zero-order chi connectivity index (χ0) is 13.6. The molecule has 0 amide bonds. The Hall–Kier alpha value is -2.80. The molecule has 0 atom stereocenters. The van der Waals surface area contributed by atoms with Crippen molar-refractivity contribution >= 4 is 12.0 Å². The average Bonchev–Trinajstić information content (AvgIpc) is 2.43. The molecular weight excluding hydrogens is 224 g/mol. The van der Waals surface area contributed by atoms with E-state index in [0.717, 1.165) is 0 Å². The summed E-state index contributed by atoms with van der Waals surface area (Å²) in [6.45, 7) is 0. The van der Waals surface area contributed by atoms with Crippen LogP contribution < -0.4 is 0 Å². The van der Waals surface area contributed by atoms with Gasteiger partial charge in [0.1, 0.15) is 0 Å². The van der Waals surface area contributed by atoms with E-state index in [1.165, 1.54) is 23.1 Å². The van der Waals surface area contributed by atoms with Crippen LogP contribution >= 0.6 is 0 Å². The molecule has 0 saturated carbocycles. The van der Waals surface area contributed by atoms with Gasteiger partial charge in [-0.1, -0.05) is 60.7 Å². The molecule has 0 aliphatic carbocycles. The summed E-state index contributed by atoms with van der Waals surface area (Å²) in [6.07, 6.45) is 0. The Labute approximate surface area is 106 Å². The van der Waals surface area contributed by atoms with Gasteiger partial charge in [0, 0.05) is 0 Å². The molecule has 0 radical (unpaired) electrons. The normalized spacial score (nSPS) is 7.33. The number of rotatable bonds is 1. The van der Waals surface area contributed by atoms with Gasteiger partial charge in [0.05, 0.1) is 12.0 Å². The minimum atomic E-state index is 1.25. The third kappa shape index (κ3) is 6.64. The van der Waals surface area contributed by atoms with E-state index in [2.05, 4.69) is 48.5 Å². The molecule has 0 heterocycles. The molecule has 0 bridgehead atoms. The Balaban J connectivity index is 0.000000414. The van der Waals surface area contributed by atoms with E-state index in [-0.39, 0.29) is 0 Å². The van der Waals surface area contributed by atoms with E-state index in [4.69, 9.17) is 21.6 Å². The number of hydrogen-bond donors (Lipinski definition) is 4. The molecule has 0 aliphatic heterocycles. The zero-order valence-electron chi connectivity index (χ0n) is 9.77. The Morgan fingerprint density at radius 3 is 0.944 bits per heavy atom. The van der Waals surface area contributed by atoms with Crippen molar-refractivity contribution in [2.45, 2.75) is 0 Å². The van der Waals surface area contributed by atoms with E-state index < -0.39 is 0 Å². The smallest absolute Gasteiger partial charge is 0.0831 e. The highest BCUT2D eigenvalue weighted by Gasteiger charge is 1.91. The van der Waals surface area contributed by atoms with E-state index in [0.29, 0.717) is 0 Å². The average molecular weight is 238 g/mol. The Morgan fingerprint density at radius 2 is 0.722 bits per heavy atom. The molecule has 0 aliphatic rings. The minimum absolute atomic E-state index is 1.25. The SMILES string of the molecule is N=C=N.N=C=N.c1ccc(-c2ccccc2)cc1. The van der Waals surface area contributed by atoms with Gasteiger partial charge < -0.3 is 0 Å². The van der Waals surface area contributed by atoms with Crippen molar-refractivity contribution in [2.24, 2.45) is 0 Å². The van der Waals surface area contributed by atoms with E-state index in [1.54, 1.807) is 0 Å². The van der Waals surface area contributed by atoms with Gasteiger partial charge in [0.15, 0.2) is 0 Å². The Morgan fingerprint density at radius 1 is 0.500 bits per heavy atom. The molecule has 90 valence electrons. The fraction of sp³-hybridized carbons (Fsp3) is 0. The van der Waals surface area contributed by atoms with Gasteiger partial charge in [0.25, 0.3) is 0 Å². The van der Waals surface area contributed by atoms with Crippen LogP contribution in [0.3, 0.4) is 0 Å². The minimum Gasteiger partial charge on any atom is -0.242 e.